The van der Waals surface area contributed by atoms with Crippen molar-refractivity contribution < 1.29 is 0 Å². The van der Waals surface area contributed by atoms with Crippen molar-refractivity contribution >= 4 is 22.9 Å². The SMILES string of the molecule is CC(C)(C)c1csc(CCC(Cl)c2ccccc2)n1. The number of hydrogen-bond donors (Lipinski definition) is 0. The van der Waals surface area contributed by atoms with Crippen molar-refractivity contribution in [2.45, 2.75) is 44.4 Å². The number of halogens is 1. The van der Waals surface area contributed by atoms with Gasteiger partial charge in [0.15, 0.2) is 0 Å². The lowest BCUT2D eigenvalue weighted by Crippen LogP contribution is -2.11. The molecule has 0 fully saturated rings. The van der Waals surface area contributed by atoms with Gasteiger partial charge in [-0.25, -0.2) is 4.98 Å². The van der Waals surface area contributed by atoms with Crippen LogP contribution in [-0.2, 0) is 11.8 Å². The molecule has 0 amide bonds. The maximum atomic E-state index is 6.43. The second-order valence-electron chi connectivity index (χ2n) is 5.79. The quantitative estimate of drug-likeness (QED) is 0.692. The van der Waals surface area contributed by atoms with Crippen LogP contribution in [0.1, 0.15) is 48.8 Å². The molecule has 1 aromatic carbocycles. The number of benzene rings is 1. The lowest BCUT2D eigenvalue weighted by Gasteiger charge is -2.14. The van der Waals surface area contributed by atoms with Gasteiger partial charge < -0.3 is 0 Å². The van der Waals surface area contributed by atoms with Crippen molar-refractivity contribution in [3.8, 4) is 0 Å². The van der Waals surface area contributed by atoms with Crippen LogP contribution in [0.2, 0.25) is 0 Å². The molecule has 1 heterocycles. The van der Waals surface area contributed by atoms with Gasteiger partial charge >= 0.3 is 0 Å². The third kappa shape index (κ3) is 4.05. The molecule has 0 bridgehead atoms. The smallest absolute Gasteiger partial charge is 0.0929 e. The lowest BCUT2D eigenvalue weighted by molar-refractivity contribution is 0.570. The number of nitrogens with zero attached hydrogens (tertiary/aromatic N) is 1. The summed E-state index contributed by atoms with van der Waals surface area (Å²) in [6.07, 6.45) is 1.88. The van der Waals surface area contributed by atoms with E-state index in [1.54, 1.807) is 11.3 Å². The second-order valence-corrected chi connectivity index (χ2v) is 7.26. The molecule has 0 N–H and O–H groups in total. The first-order valence-electron chi connectivity index (χ1n) is 6.61. The Morgan fingerprint density at radius 3 is 2.47 bits per heavy atom. The summed E-state index contributed by atoms with van der Waals surface area (Å²) in [7, 11) is 0. The van der Waals surface area contributed by atoms with E-state index in [9.17, 15) is 0 Å². The van der Waals surface area contributed by atoms with Crippen LogP contribution in [0.25, 0.3) is 0 Å². The molecule has 0 spiro atoms. The van der Waals surface area contributed by atoms with Crippen molar-refractivity contribution in [3.63, 3.8) is 0 Å². The predicted octanol–water partition coefficient (Wildman–Crippen LogP) is 5.35. The van der Waals surface area contributed by atoms with E-state index < -0.39 is 0 Å². The van der Waals surface area contributed by atoms with Crippen molar-refractivity contribution in [3.05, 3.63) is 52.0 Å². The van der Waals surface area contributed by atoms with Gasteiger partial charge in [0.1, 0.15) is 0 Å². The molecule has 1 atom stereocenters. The topological polar surface area (TPSA) is 12.9 Å². The molecule has 0 saturated heterocycles. The zero-order valence-electron chi connectivity index (χ0n) is 11.7. The molecule has 1 aromatic heterocycles. The number of aromatic nitrogens is 1. The van der Waals surface area contributed by atoms with Crippen LogP contribution >= 0.6 is 22.9 Å². The molecular weight excluding hydrogens is 274 g/mol. The van der Waals surface area contributed by atoms with Crippen LogP contribution in [-0.4, -0.2) is 4.98 Å². The van der Waals surface area contributed by atoms with Crippen molar-refractivity contribution in [1.82, 2.24) is 4.98 Å². The van der Waals surface area contributed by atoms with Crippen molar-refractivity contribution in [2.24, 2.45) is 0 Å². The summed E-state index contributed by atoms with van der Waals surface area (Å²) in [5.74, 6) is 0. The summed E-state index contributed by atoms with van der Waals surface area (Å²) in [5.41, 5.74) is 2.50. The zero-order chi connectivity index (χ0) is 13.9. The van der Waals surface area contributed by atoms with Crippen LogP contribution in [0.4, 0.5) is 0 Å². The molecule has 2 aromatic rings. The number of thiazole rings is 1. The minimum Gasteiger partial charge on any atom is -0.246 e. The normalized spacial score (nSPS) is 13.5. The number of rotatable bonds is 4. The highest BCUT2D eigenvalue weighted by Crippen LogP contribution is 2.28. The number of alkyl halides is 1. The first-order valence-corrected chi connectivity index (χ1v) is 7.92. The summed E-state index contributed by atoms with van der Waals surface area (Å²) >= 11 is 8.17. The largest absolute Gasteiger partial charge is 0.246 e. The van der Waals surface area contributed by atoms with Gasteiger partial charge in [-0.3, -0.25) is 0 Å². The highest BCUT2D eigenvalue weighted by molar-refractivity contribution is 7.09. The third-order valence-corrected chi connectivity index (χ3v) is 4.47. The van der Waals surface area contributed by atoms with E-state index in [0.717, 1.165) is 12.8 Å². The van der Waals surface area contributed by atoms with Gasteiger partial charge in [0.05, 0.1) is 16.1 Å². The van der Waals surface area contributed by atoms with Crippen LogP contribution in [0.3, 0.4) is 0 Å². The summed E-state index contributed by atoms with van der Waals surface area (Å²) in [5, 5.41) is 3.43. The Bertz CT molecular complexity index is 513. The fourth-order valence-electron chi connectivity index (χ4n) is 1.85. The summed E-state index contributed by atoms with van der Waals surface area (Å²) in [4.78, 5) is 4.71. The molecule has 19 heavy (non-hydrogen) atoms. The Hall–Kier alpha value is -0.860. The van der Waals surface area contributed by atoms with E-state index in [4.69, 9.17) is 16.6 Å². The third-order valence-electron chi connectivity index (χ3n) is 3.09. The van der Waals surface area contributed by atoms with Crippen LogP contribution in [0, 0.1) is 0 Å². The highest BCUT2D eigenvalue weighted by Gasteiger charge is 2.17. The van der Waals surface area contributed by atoms with Gasteiger partial charge in [0.25, 0.3) is 0 Å². The minimum atomic E-state index is 0.0724. The maximum absolute atomic E-state index is 6.43. The average molecular weight is 294 g/mol. The predicted molar refractivity (Wildman–Crippen MR) is 84.2 cm³/mol. The molecule has 0 aliphatic rings. The molecule has 0 saturated carbocycles. The fourth-order valence-corrected chi connectivity index (χ4v) is 3.14. The molecule has 102 valence electrons. The highest BCUT2D eigenvalue weighted by atomic mass is 35.5. The monoisotopic (exact) mass is 293 g/mol. The first-order chi connectivity index (χ1) is 8.97. The summed E-state index contributed by atoms with van der Waals surface area (Å²) in [6.45, 7) is 6.58. The van der Waals surface area contributed by atoms with Crippen LogP contribution < -0.4 is 0 Å². The fraction of sp³-hybridized carbons (Fsp3) is 0.438. The molecular formula is C16H20ClNS. The Labute approximate surface area is 124 Å². The standard InChI is InChI=1S/C16H20ClNS/c1-16(2,3)14-11-19-15(18-14)10-9-13(17)12-7-5-4-6-8-12/h4-8,11,13H,9-10H2,1-3H3. The summed E-state index contributed by atoms with van der Waals surface area (Å²) in [6, 6.07) is 10.3. The van der Waals surface area contributed by atoms with Gasteiger partial charge in [0.2, 0.25) is 0 Å². The molecule has 0 aliphatic carbocycles. The second kappa shape index (κ2) is 6.06. The van der Waals surface area contributed by atoms with Crippen LogP contribution in [0.15, 0.2) is 35.7 Å². The number of aryl methyl sites for hydroxylation is 1. The summed E-state index contributed by atoms with van der Waals surface area (Å²) < 4.78 is 0. The number of hydrogen-bond acceptors (Lipinski definition) is 2. The van der Waals surface area contributed by atoms with E-state index >= 15 is 0 Å². The van der Waals surface area contributed by atoms with Gasteiger partial charge in [-0.1, -0.05) is 51.1 Å². The minimum absolute atomic E-state index is 0.0724. The Morgan fingerprint density at radius 1 is 1.21 bits per heavy atom. The Kier molecular flexibility index (Phi) is 4.64. The van der Waals surface area contributed by atoms with Gasteiger partial charge in [-0.15, -0.1) is 22.9 Å². The molecule has 0 aliphatic heterocycles. The first kappa shape index (κ1) is 14.5. The van der Waals surface area contributed by atoms with Crippen molar-refractivity contribution in [1.29, 1.82) is 0 Å². The molecule has 3 heteroatoms. The van der Waals surface area contributed by atoms with Gasteiger partial charge in [0, 0.05) is 17.2 Å². The van der Waals surface area contributed by atoms with E-state index in [1.807, 2.05) is 18.2 Å². The van der Waals surface area contributed by atoms with E-state index in [1.165, 1.54) is 16.3 Å². The maximum Gasteiger partial charge on any atom is 0.0929 e. The molecule has 1 nitrogen and oxygen atoms in total. The zero-order valence-corrected chi connectivity index (χ0v) is 13.3. The van der Waals surface area contributed by atoms with E-state index in [0.29, 0.717) is 0 Å². The molecule has 1 unspecified atom stereocenters. The van der Waals surface area contributed by atoms with Crippen LogP contribution in [0.5, 0.6) is 0 Å². The molecule has 2 rings (SSSR count). The van der Waals surface area contributed by atoms with E-state index in [-0.39, 0.29) is 10.8 Å². The van der Waals surface area contributed by atoms with Crippen molar-refractivity contribution in [2.75, 3.05) is 0 Å². The Balaban J connectivity index is 1.94. The Morgan fingerprint density at radius 2 is 1.89 bits per heavy atom. The molecule has 0 radical (unpaired) electrons. The van der Waals surface area contributed by atoms with Gasteiger partial charge in [-0.05, 0) is 12.0 Å². The lowest BCUT2D eigenvalue weighted by atomic mass is 9.93. The van der Waals surface area contributed by atoms with Gasteiger partial charge in [-0.2, -0.15) is 0 Å². The average Bonchev–Trinajstić information content (AvgIpc) is 2.86. The van der Waals surface area contributed by atoms with E-state index in [2.05, 4.69) is 38.3 Å².